The highest BCUT2D eigenvalue weighted by atomic mass is 14.5. The monoisotopic (exact) mass is 212 g/mol. The zero-order valence-corrected chi connectivity index (χ0v) is 10.5. The van der Waals surface area contributed by atoms with E-state index in [1.807, 2.05) is 0 Å². The van der Waals surface area contributed by atoms with Gasteiger partial charge in [0.25, 0.3) is 0 Å². The predicted molar refractivity (Wildman–Crippen MR) is 69.3 cm³/mol. The Kier molecular flexibility index (Phi) is 2.20. The minimum Gasteiger partial charge on any atom is -0.0648 e. The van der Waals surface area contributed by atoms with Crippen LogP contribution in [-0.4, -0.2) is 0 Å². The average Bonchev–Trinajstić information content (AvgIpc) is 2.74. The van der Waals surface area contributed by atoms with Crippen LogP contribution in [0, 0.1) is 11.8 Å². The highest BCUT2D eigenvalue weighted by Crippen LogP contribution is 2.63. The topological polar surface area (TPSA) is 0 Å². The van der Waals surface area contributed by atoms with Crippen molar-refractivity contribution >= 4 is 5.57 Å². The van der Waals surface area contributed by atoms with Crippen LogP contribution in [0.3, 0.4) is 0 Å². The lowest BCUT2D eigenvalue weighted by atomic mass is 9.69. The van der Waals surface area contributed by atoms with Crippen LogP contribution in [0.5, 0.6) is 0 Å². The molecule has 16 heavy (non-hydrogen) atoms. The van der Waals surface area contributed by atoms with Crippen LogP contribution in [0.1, 0.15) is 50.7 Å². The molecule has 1 aromatic carbocycles. The predicted octanol–water partition coefficient (Wildman–Crippen LogP) is 4.62. The fourth-order valence-electron chi connectivity index (χ4n) is 3.63. The van der Waals surface area contributed by atoms with Crippen molar-refractivity contribution in [1.29, 1.82) is 0 Å². The molecule has 3 aliphatic carbocycles. The third kappa shape index (κ3) is 1.16. The molecule has 84 valence electrons. The van der Waals surface area contributed by atoms with Crippen molar-refractivity contribution in [2.24, 2.45) is 11.8 Å². The molecule has 0 amide bonds. The van der Waals surface area contributed by atoms with E-state index in [0.717, 1.165) is 17.8 Å². The van der Waals surface area contributed by atoms with E-state index in [9.17, 15) is 0 Å². The molecule has 0 radical (unpaired) electrons. The van der Waals surface area contributed by atoms with Gasteiger partial charge in [0.1, 0.15) is 0 Å². The summed E-state index contributed by atoms with van der Waals surface area (Å²) < 4.78 is 0. The summed E-state index contributed by atoms with van der Waals surface area (Å²) in [5.41, 5.74) is 6.63. The molecule has 0 saturated heterocycles. The first kappa shape index (κ1) is 10.1. The van der Waals surface area contributed by atoms with E-state index in [1.165, 1.54) is 12.8 Å². The highest BCUT2D eigenvalue weighted by molar-refractivity contribution is 5.88. The van der Waals surface area contributed by atoms with Gasteiger partial charge in [0, 0.05) is 5.92 Å². The molecule has 0 nitrogen and oxygen atoms in total. The summed E-state index contributed by atoms with van der Waals surface area (Å²) >= 11 is 0. The smallest absolute Gasteiger partial charge is 0.0129 e. The maximum absolute atomic E-state index is 2.34. The quantitative estimate of drug-likeness (QED) is 0.685. The Balaban J connectivity index is 2.02. The summed E-state index contributed by atoms with van der Waals surface area (Å²) in [6.07, 6.45) is 2.60. The average molecular weight is 212 g/mol. The standard InChI is InChI=1S/C16H20/c1-4-11-15-12-7-5-6-8-13(12)16(11)14(15)9-10(2)3/h5-8,10-11,15H,4,9H2,1-3H3. The van der Waals surface area contributed by atoms with Gasteiger partial charge >= 0.3 is 0 Å². The van der Waals surface area contributed by atoms with E-state index in [4.69, 9.17) is 0 Å². The molecule has 2 unspecified atom stereocenters. The Morgan fingerprint density at radius 3 is 2.56 bits per heavy atom. The van der Waals surface area contributed by atoms with Crippen molar-refractivity contribution in [2.45, 2.75) is 39.5 Å². The van der Waals surface area contributed by atoms with Crippen molar-refractivity contribution in [3.8, 4) is 0 Å². The molecular weight excluding hydrogens is 192 g/mol. The molecule has 2 bridgehead atoms. The van der Waals surface area contributed by atoms with Crippen molar-refractivity contribution in [1.82, 2.24) is 0 Å². The second-order valence-electron chi connectivity index (χ2n) is 5.62. The minimum atomic E-state index is 0.776. The molecule has 0 aromatic heterocycles. The number of benzene rings is 1. The van der Waals surface area contributed by atoms with E-state index >= 15 is 0 Å². The minimum absolute atomic E-state index is 0.776. The SMILES string of the molecule is CCC1C2=C(CC(C)C)C1c1ccccc12. The van der Waals surface area contributed by atoms with Crippen LogP contribution in [0.4, 0.5) is 0 Å². The van der Waals surface area contributed by atoms with Crippen molar-refractivity contribution in [2.75, 3.05) is 0 Å². The Morgan fingerprint density at radius 1 is 1.19 bits per heavy atom. The van der Waals surface area contributed by atoms with E-state index < -0.39 is 0 Å². The molecule has 0 N–H and O–H groups in total. The summed E-state index contributed by atoms with van der Waals surface area (Å²) in [6.45, 7) is 6.99. The zero-order valence-electron chi connectivity index (χ0n) is 10.5. The maximum atomic E-state index is 2.34. The molecule has 0 spiro atoms. The first-order valence-electron chi connectivity index (χ1n) is 6.56. The highest BCUT2D eigenvalue weighted by Gasteiger charge is 2.47. The number of hydrogen-bond acceptors (Lipinski definition) is 0. The fraction of sp³-hybridized carbons (Fsp3) is 0.500. The van der Waals surface area contributed by atoms with Gasteiger partial charge in [0.2, 0.25) is 0 Å². The first-order chi connectivity index (χ1) is 7.74. The molecule has 4 rings (SSSR count). The molecule has 0 heterocycles. The van der Waals surface area contributed by atoms with Gasteiger partial charge in [-0.3, -0.25) is 0 Å². The number of hydrogen-bond donors (Lipinski definition) is 0. The zero-order chi connectivity index (χ0) is 11.3. The van der Waals surface area contributed by atoms with Gasteiger partial charge in [0.05, 0.1) is 0 Å². The summed E-state index contributed by atoms with van der Waals surface area (Å²) in [5.74, 6) is 2.41. The van der Waals surface area contributed by atoms with Gasteiger partial charge in [-0.1, -0.05) is 50.6 Å². The third-order valence-electron chi connectivity index (χ3n) is 4.15. The van der Waals surface area contributed by atoms with Crippen LogP contribution >= 0.6 is 0 Å². The lowest BCUT2D eigenvalue weighted by Gasteiger charge is -2.35. The summed E-state index contributed by atoms with van der Waals surface area (Å²) in [5, 5.41) is 0. The Labute approximate surface area is 98.4 Å². The van der Waals surface area contributed by atoms with E-state index in [0.29, 0.717) is 0 Å². The number of allylic oxidation sites excluding steroid dienone is 2. The van der Waals surface area contributed by atoms with E-state index in [1.54, 1.807) is 22.3 Å². The van der Waals surface area contributed by atoms with Crippen LogP contribution in [0.2, 0.25) is 0 Å². The van der Waals surface area contributed by atoms with Gasteiger partial charge in [-0.2, -0.15) is 0 Å². The van der Waals surface area contributed by atoms with Gasteiger partial charge in [0.15, 0.2) is 0 Å². The molecule has 2 atom stereocenters. The lowest BCUT2D eigenvalue weighted by molar-refractivity contribution is 0.486. The second kappa shape index (κ2) is 3.48. The third-order valence-corrected chi connectivity index (χ3v) is 4.15. The Morgan fingerprint density at radius 2 is 1.94 bits per heavy atom. The van der Waals surface area contributed by atoms with Gasteiger partial charge in [-0.15, -0.1) is 0 Å². The van der Waals surface area contributed by atoms with E-state index in [-0.39, 0.29) is 0 Å². The van der Waals surface area contributed by atoms with Gasteiger partial charge < -0.3 is 0 Å². The van der Waals surface area contributed by atoms with Crippen molar-refractivity contribution in [3.05, 3.63) is 41.0 Å². The molecule has 0 saturated carbocycles. The summed E-state index contributed by atoms with van der Waals surface area (Å²) in [4.78, 5) is 0. The molecule has 0 heteroatoms. The van der Waals surface area contributed by atoms with E-state index in [2.05, 4.69) is 45.0 Å². The largest absolute Gasteiger partial charge is 0.0648 e. The van der Waals surface area contributed by atoms with Crippen LogP contribution in [-0.2, 0) is 0 Å². The molecule has 1 aromatic rings. The maximum Gasteiger partial charge on any atom is 0.0129 e. The normalized spacial score (nSPS) is 26.0. The summed E-state index contributed by atoms with van der Waals surface area (Å²) in [6, 6.07) is 9.04. The Hall–Kier alpha value is -1.04. The lowest BCUT2D eigenvalue weighted by Crippen LogP contribution is -2.21. The van der Waals surface area contributed by atoms with Crippen molar-refractivity contribution < 1.29 is 0 Å². The molecular formula is C16H20. The van der Waals surface area contributed by atoms with Gasteiger partial charge in [-0.25, -0.2) is 0 Å². The van der Waals surface area contributed by atoms with Crippen molar-refractivity contribution in [3.63, 3.8) is 0 Å². The first-order valence-corrected chi connectivity index (χ1v) is 6.56. The fourth-order valence-corrected chi connectivity index (χ4v) is 3.63. The molecule has 0 aliphatic heterocycles. The molecule has 0 fully saturated rings. The van der Waals surface area contributed by atoms with Crippen LogP contribution in [0.15, 0.2) is 29.8 Å². The summed E-state index contributed by atoms with van der Waals surface area (Å²) in [7, 11) is 0. The Bertz CT molecular complexity index is 451. The van der Waals surface area contributed by atoms with Gasteiger partial charge in [-0.05, 0) is 41.4 Å². The van der Waals surface area contributed by atoms with Crippen LogP contribution < -0.4 is 0 Å². The number of rotatable bonds is 3. The second-order valence-corrected chi connectivity index (χ2v) is 5.62. The van der Waals surface area contributed by atoms with Crippen LogP contribution in [0.25, 0.3) is 5.57 Å². The molecule has 3 aliphatic rings.